The third-order valence-electron chi connectivity index (χ3n) is 4.90. The van der Waals surface area contributed by atoms with E-state index in [1.807, 2.05) is 7.05 Å². The Morgan fingerprint density at radius 1 is 1.12 bits per heavy atom. The minimum absolute atomic E-state index is 0.783. The highest BCUT2D eigenvalue weighted by atomic mass is 16.5. The van der Waals surface area contributed by atoms with Crippen molar-refractivity contribution < 1.29 is 4.74 Å². The summed E-state index contributed by atoms with van der Waals surface area (Å²) in [4.78, 5) is 9.20. The summed E-state index contributed by atoms with van der Waals surface area (Å²) in [6, 6.07) is 8.65. The van der Waals surface area contributed by atoms with Gasteiger partial charge in [-0.1, -0.05) is 38.1 Å². The lowest BCUT2D eigenvalue weighted by molar-refractivity contribution is 0.0341. The van der Waals surface area contributed by atoms with Crippen LogP contribution in [-0.2, 0) is 17.8 Å². The Kier molecular flexibility index (Phi) is 9.45. The molecule has 1 fully saturated rings. The molecule has 0 aromatic heterocycles. The molecule has 1 aliphatic heterocycles. The number of hydrogen-bond donors (Lipinski definition) is 2. The molecular formula is C20H35N5O. The van der Waals surface area contributed by atoms with E-state index in [0.717, 1.165) is 71.5 Å². The lowest BCUT2D eigenvalue weighted by Gasteiger charge is -2.27. The van der Waals surface area contributed by atoms with E-state index in [9.17, 15) is 0 Å². The van der Waals surface area contributed by atoms with Gasteiger partial charge >= 0.3 is 0 Å². The van der Waals surface area contributed by atoms with Crippen molar-refractivity contribution in [3.63, 3.8) is 0 Å². The summed E-state index contributed by atoms with van der Waals surface area (Å²) in [5.41, 5.74) is 2.70. The van der Waals surface area contributed by atoms with Crippen LogP contribution in [0.25, 0.3) is 0 Å². The van der Waals surface area contributed by atoms with Gasteiger partial charge in [0, 0.05) is 46.3 Å². The zero-order chi connectivity index (χ0) is 18.6. The van der Waals surface area contributed by atoms with Crippen LogP contribution in [0.1, 0.15) is 25.0 Å². The predicted molar refractivity (Wildman–Crippen MR) is 109 cm³/mol. The summed E-state index contributed by atoms with van der Waals surface area (Å²) in [7, 11) is 1.83. The van der Waals surface area contributed by atoms with E-state index in [2.05, 4.69) is 63.5 Å². The number of benzene rings is 1. The maximum absolute atomic E-state index is 5.45. The number of aliphatic imine (C=N–C) groups is 1. The second-order valence-electron chi connectivity index (χ2n) is 6.54. The van der Waals surface area contributed by atoms with Gasteiger partial charge < -0.3 is 20.3 Å². The minimum Gasteiger partial charge on any atom is -0.379 e. The number of nitrogens with zero attached hydrogens (tertiary/aromatic N) is 3. The third-order valence-corrected chi connectivity index (χ3v) is 4.90. The van der Waals surface area contributed by atoms with Gasteiger partial charge in [-0.2, -0.15) is 0 Å². The zero-order valence-electron chi connectivity index (χ0n) is 16.6. The van der Waals surface area contributed by atoms with Gasteiger partial charge in [-0.15, -0.1) is 0 Å². The van der Waals surface area contributed by atoms with Gasteiger partial charge in [0.05, 0.1) is 13.2 Å². The smallest absolute Gasteiger partial charge is 0.191 e. The van der Waals surface area contributed by atoms with Crippen molar-refractivity contribution in [2.75, 3.05) is 59.5 Å². The maximum Gasteiger partial charge on any atom is 0.191 e. The second-order valence-corrected chi connectivity index (χ2v) is 6.54. The number of morpholine rings is 1. The van der Waals surface area contributed by atoms with E-state index in [1.165, 1.54) is 11.1 Å². The summed E-state index contributed by atoms with van der Waals surface area (Å²) < 4.78 is 5.45. The van der Waals surface area contributed by atoms with Crippen molar-refractivity contribution in [1.82, 2.24) is 20.4 Å². The monoisotopic (exact) mass is 361 g/mol. The highest BCUT2D eigenvalue weighted by Gasteiger charge is 2.12. The van der Waals surface area contributed by atoms with Crippen molar-refractivity contribution in [2.24, 2.45) is 4.99 Å². The average Bonchev–Trinajstić information content (AvgIpc) is 2.69. The first-order valence-corrected chi connectivity index (χ1v) is 9.80. The fraction of sp³-hybridized carbons (Fsp3) is 0.650. The molecule has 0 bridgehead atoms. The number of guanidine groups is 1. The van der Waals surface area contributed by atoms with Crippen LogP contribution in [0.15, 0.2) is 29.3 Å². The minimum atomic E-state index is 0.783. The molecule has 0 amide bonds. The van der Waals surface area contributed by atoms with Gasteiger partial charge in [-0.25, -0.2) is 0 Å². The SMILES string of the molecule is CCN(CC)CCNC(=NC)NCc1ccccc1CN1CCOCC1. The number of ether oxygens (including phenoxy) is 1. The highest BCUT2D eigenvalue weighted by Crippen LogP contribution is 2.12. The fourth-order valence-electron chi connectivity index (χ4n) is 3.16. The number of nitrogens with one attached hydrogen (secondary N) is 2. The topological polar surface area (TPSA) is 52.1 Å². The average molecular weight is 362 g/mol. The summed E-state index contributed by atoms with van der Waals surface area (Å²) in [6.45, 7) is 13.9. The standard InChI is InChI=1S/C20H35N5O/c1-4-24(5-2)11-10-22-20(21-3)23-16-18-8-6-7-9-19(18)17-25-12-14-26-15-13-25/h6-9H,4-5,10-17H2,1-3H3,(H2,21,22,23). The molecule has 1 aliphatic rings. The van der Waals surface area contributed by atoms with Crippen LogP contribution in [0.5, 0.6) is 0 Å². The van der Waals surface area contributed by atoms with E-state index < -0.39 is 0 Å². The molecule has 1 heterocycles. The Labute approximate surface area is 158 Å². The molecule has 0 spiro atoms. The lowest BCUT2D eigenvalue weighted by Crippen LogP contribution is -2.41. The van der Waals surface area contributed by atoms with Gasteiger partial charge in [0.15, 0.2) is 5.96 Å². The number of likely N-dealkylation sites (N-methyl/N-ethyl adjacent to an activating group) is 1. The second kappa shape index (κ2) is 11.9. The van der Waals surface area contributed by atoms with Gasteiger partial charge in [-0.05, 0) is 24.2 Å². The van der Waals surface area contributed by atoms with Crippen LogP contribution in [0, 0.1) is 0 Å². The molecule has 1 saturated heterocycles. The molecule has 0 atom stereocenters. The molecule has 1 aromatic carbocycles. The fourth-order valence-corrected chi connectivity index (χ4v) is 3.16. The molecule has 0 aliphatic carbocycles. The Hall–Kier alpha value is -1.63. The van der Waals surface area contributed by atoms with E-state index in [1.54, 1.807) is 0 Å². The zero-order valence-corrected chi connectivity index (χ0v) is 16.6. The van der Waals surface area contributed by atoms with Crippen molar-refractivity contribution >= 4 is 5.96 Å². The van der Waals surface area contributed by atoms with Gasteiger partial charge in [-0.3, -0.25) is 9.89 Å². The van der Waals surface area contributed by atoms with Gasteiger partial charge in [0.1, 0.15) is 0 Å². The first-order chi connectivity index (χ1) is 12.8. The van der Waals surface area contributed by atoms with Crippen molar-refractivity contribution in [1.29, 1.82) is 0 Å². The van der Waals surface area contributed by atoms with Crippen LogP contribution in [0.4, 0.5) is 0 Å². The molecule has 0 saturated carbocycles. The first-order valence-electron chi connectivity index (χ1n) is 9.80. The quantitative estimate of drug-likeness (QED) is 0.516. The predicted octanol–water partition coefficient (Wildman–Crippen LogP) is 1.53. The summed E-state index contributed by atoms with van der Waals surface area (Å²) in [5.74, 6) is 0.860. The normalized spacial score (nSPS) is 16.1. The molecule has 0 unspecified atom stereocenters. The van der Waals surface area contributed by atoms with Crippen molar-refractivity contribution in [3.8, 4) is 0 Å². The number of rotatable bonds is 9. The van der Waals surface area contributed by atoms with Gasteiger partial charge in [0.25, 0.3) is 0 Å². The Morgan fingerprint density at radius 3 is 2.46 bits per heavy atom. The van der Waals surface area contributed by atoms with Crippen LogP contribution < -0.4 is 10.6 Å². The van der Waals surface area contributed by atoms with Crippen molar-refractivity contribution in [2.45, 2.75) is 26.9 Å². The molecule has 1 aromatic rings. The first kappa shape index (κ1) is 20.7. The molecule has 2 rings (SSSR count). The molecule has 26 heavy (non-hydrogen) atoms. The van der Waals surface area contributed by atoms with E-state index in [4.69, 9.17) is 4.74 Å². The third kappa shape index (κ3) is 6.94. The summed E-state index contributed by atoms with van der Waals surface area (Å²) in [5, 5.41) is 6.86. The Bertz CT molecular complexity index is 539. The lowest BCUT2D eigenvalue weighted by atomic mass is 10.1. The molecule has 0 radical (unpaired) electrons. The van der Waals surface area contributed by atoms with Gasteiger partial charge in [0.2, 0.25) is 0 Å². The van der Waals surface area contributed by atoms with Crippen LogP contribution in [0.2, 0.25) is 0 Å². The van der Waals surface area contributed by atoms with E-state index in [0.29, 0.717) is 0 Å². The molecule has 146 valence electrons. The van der Waals surface area contributed by atoms with E-state index in [-0.39, 0.29) is 0 Å². The Morgan fingerprint density at radius 2 is 1.81 bits per heavy atom. The summed E-state index contributed by atoms with van der Waals surface area (Å²) >= 11 is 0. The van der Waals surface area contributed by atoms with E-state index >= 15 is 0 Å². The molecule has 2 N–H and O–H groups in total. The Balaban J connectivity index is 1.83. The molecular weight excluding hydrogens is 326 g/mol. The maximum atomic E-state index is 5.45. The van der Waals surface area contributed by atoms with Crippen LogP contribution >= 0.6 is 0 Å². The van der Waals surface area contributed by atoms with Crippen molar-refractivity contribution in [3.05, 3.63) is 35.4 Å². The largest absolute Gasteiger partial charge is 0.379 e. The molecule has 6 heteroatoms. The summed E-state index contributed by atoms with van der Waals surface area (Å²) in [6.07, 6.45) is 0. The number of hydrogen-bond acceptors (Lipinski definition) is 4. The highest BCUT2D eigenvalue weighted by molar-refractivity contribution is 5.79. The van der Waals surface area contributed by atoms with Crippen LogP contribution in [-0.4, -0.2) is 75.3 Å². The molecule has 6 nitrogen and oxygen atoms in total. The van der Waals surface area contributed by atoms with Crippen LogP contribution in [0.3, 0.4) is 0 Å².